The summed E-state index contributed by atoms with van der Waals surface area (Å²) < 4.78 is 78.4. The third-order valence-electron chi connectivity index (χ3n) is 7.27. The molecule has 0 unspecified atom stereocenters. The van der Waals surface area contributed by atoms with E-state index < -0.39 is 34.9 Å². The van der Waals surface area contributed by atoms with Gasteiger partial charge in [-0.25, -0.2) is 13.2 Å². The van der Waals surface area contributed by atoms with Gasteiger partial charge >= 0.3 is 6.11 Å². The lowest BCUT2D eigenvalue weighted by Gasteiger charge is -2.19. The van der Waals surface area contributed by atoms with Gasteiger partial charge in [0.25, 0.3) is 0 Å². The summed E-state index contributed by atoms with van der Waals surface area (Å²) in [5.41, 5.74) is 3.25. The zero-order valence-corrected chi connectivity index (χ0v) is 24.1. The average molecular weight is 607 g/mol. The Labute approximate surface area is 252 Å². The third-order valence-corrected chi connectivity index (χ3v) is 7.58. The SMILES string of the molecule is CCCCCc1ccc(-c2ccc(-c3ccc(C(F)(F)Oc4ccc(-c5ccc(Cl)c(F)c5)c(F)c4)cc3)c(F)c2)cc1. The van der Waals surface area contributed by atoms with Crippen LogP contribution in [0.3, 0.4) is 0 Å². The van der Waals surface area contributed by atoms with Crippen LogP contribution in [0.25, 0.3) is 33.4 Å². The molecule has 7 heteroatoms. The van der Waals surface area contributed by atoms with Gasteiger partial charge in [0, 0.05) is 17.2 Å². The second-order valence-corrected chi connectivity index (χ2v) is 10.7. The Morgan fingerprint density at radius 1 is 0.605 bits per heavy atom. The molecule has 0 aromatic heterocycles. The van der Waals surface area contributed by atoms with Crippen LogP contribution < -0.4 is 4.74 Å². The van der Waals surface area contributed by atoms with Crippen LogP contribution >= 0.6 is 11.6 Å². The highest BCUT2D eigenvalue weighted by Crippen LogP contribution is 2.36. The summed E-state index contributed by atoms with van der Waals surface area (Å²) in [6, 6.07) is 24.9. The van der Waals surface area contributed by atoms with Crippen molar-refractivity contribution >= 4 is 11.6 Å². The van der Waals surface area contributed by atoms with E-state index in [4.69, 9.17) is 16.3 Å². The van der Waals surface area contributed by atoms with Crippen LogP contribution in [0.2, 0.25) is 5.02 Å². The van der Waals surface area contributed by atoms with E-state index in [1.807, 2.05) is 12.1 Å². The highest BCUT2D eigenvalue weighted by molar-refractivity contribution is 6.30. The Morgan fingerprint density at radius 2 is 1.19 bits per heavy atom. The average Bonchev–Trinajstić information content (AvgIpc) is 2.99. The Kier molecular flexibility index (Phi) is 9.16. The molecule has 220 valence electrons. The first-order valence-corrected chi connectivity index (χ1v) is 14.3. The lowest BCUT2D eigenvalue weighted by atomic mass is 9.97. The lowest BCUT2D eigenvalue weighted by Crippen LogP contribution is -2.21. The first-order chi connectivity index (χ1) is 20.6. The molecular weight excluding hydrogens is 579 g/mol. The molecule has 0 spiro atoms. The summed E-state index contributed by atoms with van der Waals surface area (Å²) >= 11 is 5.67. The Morgan fingerprint density at radius 3 is 1.84 bits per heavy atom. The first kappa shape index (κ1) is 30.3. The van der Waals surface area contributed by atoms with Crippen LogP contribution in [0.5, 0.6) is 5.75 Å². The molecule has 0 amide bonds. The summed E-state index contributed by atoms with van der Waals surface area (Å²) in [4.78, 5) is 0. The molecule has 0 aliphatic rings. The second-order valence-electron chi connectivity index (χ2n) is 10.3. The number of unbranched alkanes of at least 4 members (excludes halogenated alkanes) is 2. The molecule has 0 fully saturated rings. The second kappa shape index (κ2) is 13.0. The van der Waals surface area contributed by atoms with Crippen molar-refractivity contribution in [2.24, 2.45) is 0 Å². The fraction of sp³-hybridized carbons (Fsp3) is 0.167. The van der Waals surface area contributed by atoms with Crippen molar-refractivity contribution in [1.82, 2.24) is 0 Å². The van der Waals surface area contributed by atoms with E-state index in [0.717, 1.165) is 54.7 Å². The molecule has 5 aromatic carbocycles. The molecule has 1 nitrogen and oxygen atoms in total. The number of ether oxygens (including phenoxy) is 1. The van der Waals surface area contributed by atoms with Crippen LogP contribution in [0.15, 0.2) is 103 Å². The summed E-state index contributed by atoms with van der Waals surface area (Å²) in [5, 5.41) is -0.117. The van der Waals surface area contributed by atoms with Crippen molar-refractivity contribution in [3.8, 4) is 39.1 Å². The zero-order valence-electron chi connectivity index (χ0n) is 23.3. The van der Waals surface area contributed by atoms with E-state index in [1.165, 1.54) is 54.4 Å². The normalized spacial score (nSPS) is 11.5. The molecule has 0 heterocycles. The first-order valence-electron chi connectivity index (χ1n) is 14.0. The van der Waals surface area contributed by atoms with Crippen LogP contribution in [-0.4, -0.2) is 0 Å². The lowest BCUT2D eigenvalue weighted by molar-refractivity contribution is -0.185. The molecule has 0 bridgehead atoms. The maximum Gasteiger partial charge on any atom is 0.426 e. The minimum absolute atomic E-state index is 0.00283. The van der Waals surface area contributed by atoms with E-state index in [0.29, 0.717) is 5.56 Å². The molecule has 0 atom stereocenters. The molecular formula is C36H28ClF5O. The summed E-state index contributed by atoms with van der Waals surface area (Å²) in [6.45, 7) is 2.17. The summed E-state index contributed by atoms with van der Waals surface area (Å²) in [6.07, 6.45) is 0.691. The van der Waals surface area contributed by atoms with Gasteiger partial charge in [-0.15, -0.1) is 0 Å². The number of hydrogen-bond donors (Lipinski definition) is 0. The van der Waals surface area contributed by atoms with Crippen LogP contribution in [0, 0.1) is 17.5 Å². The van der Waals surface area contributed by atoms with Gasteiger partial charge in [0.05, 0.1) is 10.6 Å². The van der Waals surface area contributed by atoms with Gasteiger partial charge in [-0.1, -0.05) is 86.0 Å². The standard InChI is InChI=1S/C36H28ClF5O/c1-2-3-4-5-23-6-8-24(9-7-23)26-12-17-30(33(38)20-26)25-10-14-28(15-11-25)36(41,42)43-29-16-18-31(34(39)22-29)27-13-19-32(37)35(40)21-27/h6-22H,2-5H2,1H3. The molecule has 0 radical (unpaired) electrons. The number of benzene rings is 5. The maximum atomic E-state index is 15.1. The Bertz CT molecular complexity index is 1720. The minimum Gasteiger partial charge on any atom is -0.429 e. The van der Waals surface area contributed by atoms with Gasteiger partial charge < -0.3 is 4.74 Å². The predicted molar refractivity (Wildman–Crippen MR) is 162 cm³/mol. The van der Waals surface area contributed by atoms with Crippen LogP contribution in [-0.2, 0) is 12.5 Å². The molecule has 5 rings (SSSR count). The predicted octanol–water partition coefficient (Wildman–Crippen LogP) is 11.6. The topological polar surface area (TPSA) is 9.23 Å². The fourth-order valence-corrected chi connectivity index (χ4v) is 5.00. The zero-order chi connectivity index (χ0) is 30.6. The molecule has 0 saturated heterocycles. The van der Waals surface area contributed by atoms with E-state index in [1.54, 1.807) is 12.1 Å². The monoisotopic (exact) mass is 606 g/mol. The number of rotatable bonds is 10. The van der Waals surface area contributed by atoms with Crippen molar-refractivity contribution in [1.29, 1.82) is 0 Å². The van der Waals surface area contributed by atoms with Crippen molar-refractivity contribution in [3.05, 3.63) is 137 Å². The largest absolute Gasteiger partial charge is 0.429 e. The molecule has 43 heavy (non-hydrogen) atoms. The number of alkyl halides is 2. The highest BCUT2D eigenvalue weighted by Gasteiger charge is 2.34. The Hall–Kier alpha value is -4.16. The van der Waals surface area contributed by atoms with Gasteiger partial charge in [-0.2, -0.15) is 8.78 Å². The molecule has 0 N–H and O–H groups in total. The van der Waals surface area contributed by atoms with Crippen molar-refractivity contribution in [2.75, 3.05) is 0 Å². The Balaban J connectivity index is 1.28. The third kappa shape index (κ3) is 7.08. The summed E-state index contributed by atoms with van der Waals surface area (Å²) in [5.74, 6) is -2.49. The van der Waals surface area contributed by atoms with Gasteiger partial charge in [-0.3, -0.25) is 0 Å². The number of aryl methyl sites for hydroxylation is 1. The van der Waals surface area contributed by atoms with Crippen molar-refractivity contribution in [2.45, 2.75) is 38.7 Å². The van der Waals surface area contributed by atoms with E-state index in [2.05, 4.69) is 19.1 Å². The van der Waals surface area contributed by atoms with E-state index in [9.17, 15) is 17.6 Å². The van der Waals surface area contributed by atoms with E-state index >= 15 is 4.39 Å². The van der Waals surface area contributed by atoms with E-state index in [-0.39, 0.29) is 21.7 Å². The fourth-order valence-electron chi connectivity index (χ4n) is 4.88. The highest BCUT2D eigenvalue weighted by atomic mass is 35.5. The van der Waals surface area contributed by atoms with Crippen LogP contribution in [0.4, 0.5) is 22.0 Å². The van der Waals surface area contributed by atoms with Crippen LogP contribution in [0.1, 0.15) is 37.3 Å². The van der Waals surface area contributed by atoms with Crippen molar-refractivity contribution < 1.29 is 26.7 Å². The summed E-state index contributed by atoms with van der Waals surface area (Å²) in [7, 11) is 0. The van der Waals surface area contributed by atoms with Gasteiger partial charge in [0.1, 0.15) is 23.2 Å². The number of hydrogen-bond acceptors (Lipinski definition) is 1. The van der Waals surface area contributed by atoms with Gasteiger partial charge in [0.15, 0.2) is 0 Å². The van der Waals surface area contributed by atoms with Gasteiger partial charge in [0.2, 0.25) is 0 Å². The molecule has 0 aliphatic carbocycles. The minimum atomic E-state index is -3.80. The molecule has 5 aromatic rings. The quantitative estimate of drug-likeness (QED) is 0.113. The van der Waals surface area contributed by atoms with Gasteiger partial charge in [-0.05, 0) is 83.1 Å². The maximum absolute atomic E-state index is 15.1. The molecule has 0 saturated carbocycles. The smallest absolute Gasteiger partial charge is 0.426 e. The molecule has 0 aliphatic heterocycles. The van der Waals surface area contributed by atoms with Crippen molar-refractivity contribution in [3.63, 3.8) is 0 Å². The number of halogens is 6.